The maximum absolute atomic E-state index is 14.7. The highest BCUT2D eigenvalue weighted by Gasteiger charge is 2.49. The van der Waals surface area contributed by atoms with Gasteiger partial charge in [0.05, 0.1) is 11.3 Å². The van der Waals surface area contributed by atoms with Crippen LogP contribution < -0.4 is 10.9 Å². The Morgan fingerprint density at radius 2 is 1.92 bits per heavy atom. The van der Waals surface area contributed by atoms with Crippen LogP contribution >= 0.6 is 11.8 Å². The van der Waals surface area contributed by atoms with Crippen molar-refractivity contribution in [2.75, 3.05) is 11.9 Å². The van der Waals surface area contributed by atoms with Crippen LogP contribution in [0.15, 0.2) is 16.9 Å². The smallest absolute Gasteiger partial charge is 0.410 e. The van der Waals surface area contributed by atoms with Gasteiger partial charge in [0.25, 0.3) is 5.56 Å². The van der Waals surface area contributed by atoms with Crippen molar-refractivity contribution in [1.29, 1.82) is 0 Å². The van der Waals surface area contributed by atoms with E-state index in [1.807, 2.05) is 0 Å². The second-order valence-electron chi connectivity index (χ2n) is 10.7. The fourth-order valence-corrected chi connectivity index (χ4v) is 5.98. The number of hydrogen-bond donors (Lipinski definition) is 2. The number of alkyl halides is 3. The molecule has 2 atom stereocenters. The Morgan fingerprint density at radius 3 is 2.57 bits per heavy atom. The fourth-order valence-electron chi connectivity index (χ4n) is 4.86. The maximum Gasteiger partial charge on any atom is 0.410 e. The van der Waals surface area contributed by atoms with Gasteiger partial charge >= 0.3 is 12.3 Å². The lowest BCUT2D eigenvalue weighted by Crippen LogP contribution is -2.55. The van der Waals surface area contributed by atoms with Crippen molar-refractivity contribution in [3.63, 3.8) is 0 Å². The number of nitrogens with one attached hydrogen (secondary N) is 2. The van der Waals surface area contributed by atoms with Crippen molar-refractivity contribution in [3.8, 4) is 0 Å². The molecule has 2 N–H and O–H groups in total. The minimum Gasteiger partial charge on any atom is -0.444 e. The van der Waals surface area contributed by atoms with Gasteiger partial charge in [-0.15, -0.1) is 0 Å². The summed E-state index contributed by atoms with van der Waals surface area (Å²) in [5.74, 6) is -0.263. The molecule has 0 spiro atoms. The lowest BCUT2D eigenvalue weighted by atomic mass is 10.0. The number of thioether (sulfide) groups is 1. The molecule has 2 aromatic rings. The minimum absolute atomic E-state index is 0.0974. The summed E-state index contributed by atoms with van der Waals surface area (Å²) in [7, 11) is 0. The number of piperidine rings is 1. The highest BCUT2D eigenvalue weighted by molar-refractivity contribution is 7.99. The summed E-state index contributed by atoms with van der Waals surface area (Å²) in [5, 5.41) is 2.73. The van der Waals surface area contributed by atoms with Crippen LogP contribution in [0.5, 0.6) is 0 Å². The number of aromatic amines is 1. The monoisotopic (exact) mass is 544 g/mol. The zero-order valence-electron chi connectivity index (χ0n) is 21.1. The predicted octanol–water partition coefficient (Wildman–Crippen LogP) is 5.98. The Balaban J connectivity index is 1.46. The summed E-state index contributed by atoms with van der Waals surface area (Å²) < 4.78 is 61.3. The SMILES string of the molecule is CC(C)(C)OC(=O)N1CCC(SCc2nc3cc(NC4CCCC4)cc(F)c3c(=O)[nH]2)CC1C(F)(F)F. The molecule has 1 aromatic heterocycles. The van der Waals surface area contributed by atoms with Crippen molar-refractivity contribution in [2.24, 2.45) is 0 Å². The Labute approximate surface area is 216 Å². The molecule has 1 aliphatic carbocycles. The molecule has 4 rings (SSSR count). The number of nitrogens with zero attached hydrogens (tertiary/aromatic N) is 2. The van der Waals surface area contributed by atoms with E-state index in [0.717, 1.165) is 30.6 Å². The molecule has 7 nitrogen and oxygen atoms in total. The molecule has 0 bridgehead atoms. The zero-order chi connectivity index (χ0) is 27.0. The number of anilines is 1. The predicted molar refractivity (Wildman–Crippen MR) is 135 cm³/mol. The van der Waals surface area contributed by atoms with Crippen LogP contribution in [0.25, 0.3) is 10.9 Å². The highest BCUT2D eigenvalue weighted by Crippen LogP contribution is 2.37. The first kappa shape index (κ1) is 27.5. The molecule has 204 valence electrons. The number of H-pyrrole nitrogens is 1. The number of aromatic nitrogens is 2. The first-order chi connectivity index (χ1) is 17.3. The van der Waals surface area contributed by atoms with Crippen LogP contribution in [-0.4, -0.2) is 56.6 Å². The number of fused-ring (bicyclic) bond motifs is 1. The van der Waals surface area contributed by atoms with Crippen molar-refractivity contribution in [1.82, 2.24) is 14.9 Å². The molecule has 1 saturated carbocycles. The summed E-state index contributed by atoms with van der Waals surface area (Å²) in [5.41, 5.74) is -0.777. The number of likely N-dealkylation sites (tertiary alicyclic amines) is 1. The van der Waals surface area contributed by atoms with Crippen LogP contribution in [-0.2, 0) is 10.5 Å². The molecule has 2 fully saturated rings. The third kappa shape index (κ3) is 6.88. The Morgan fingerprint density at radius 1 is 1.22 bits per heavy atom. The molecule has 2 heterocycles. The van der Waals surface area contributed by atoms with Gasteiger partial charge in [-0.1, -0.05) is 12.8 Å². The van der Waals surface area contributed by atoms with E-state index < -0.39 is 40.5 Å². The number of hydrogen-bond acceptors (Lipinski definition) is 6. The zero-order valence-corrected chi connectivity index (χ0v) is 21.9. The van der Waals surface area contributed by atoms with Crippen LogP contribution in [0, 0.1) is 5.82 Å². The van der Waals surface area contributed by atoms with Gasteiger partial charge in [0.15, 0.2) is 0 Å². The Hall–Kier alpha value is -2.50. The molecular weight excluding hydrogens is 512 g/mol. The van der Waals surface area contributed by atoms with E-state index in [9.17, 15) is 27.2 Å². The van der Waals surface area contributed by atoms with Gasteiger partial charge < -0.3 is 15.0 Å². The van der Waals surface area contributed by atoms with Crippen molar-refractivity contribution < 1.29 is 27.1 Å². The maximum atomic E-state index is 14.7. The average molecular weight is 545 g/mol. The molecule has 2 unspecified atom stereocenters. The molecule has 12 heteroatoms. The second kappa shape index (κ2) is 10.7. The summed E-state index contributed by atoms with van der Waals surface area (Å²) in [4.78, 5) is 32.7. The fraction of sp³-hybridized carbons (Fsp3) is 0.640. The number of carbonyl (C=O) groups excluding carboxylic acids is 1. The van der Waals surface area contributed by atoms with Gasteiger partial charge in [-0.3, -0.25) is 9.69 Å². The standard InChI is InChI=1S/C25H32F4N4O3S/c1-24(2,3)36-23(35)33-9-8-16(12-19(33)25(27,28)29)37-13-20-31-18-11-15(30-14-6-4-5-7-14)10-17(26)21(18)22(34)32-20/h10-11,14,16,19,30H,4-9,12-13H2,1-3H3,(H,31,32,34). The quantitative estimate of drug-likeness (QED) is 0.451. The number of halogens is 4. The average Bonchev–Trinajstić information content (AvgIpc) is 3.28. The van der Waals surface area contributed by atoms with Crippen LogP contribution in [0.2, 0.25) is 0 Å². The molecule has 37 heavy (non-hydrogen) atoms. The number of benzene rings is 1. The van der Waals surface area contributed by atoms with E-state index >= 15 is 0 Å². The lowest BCUT2D eigenvalue weighted by molar-refractivity contribution is -0.186. The van der Waals surface area contributed by atoms with Gasteiger partial charge in [-0.05, 0) is 58.6 Å². The molecule has 0 radical (unpaired) electrons. The second-order valence-corrected chi connectivity index (χ2v) is 12.0. The number of ether oxygens (including phenoxy) is 1. The molecule has 1 aromatic carbocycles. The number of carbonyl (C=O) groups is 1. The summed E-state index contributed by atoms with van der Waals surface area (Å²) in [6.07, 6.45) is -1.34. The van der Waals surface area contributed by atoms with Crippen molar-refractivity contribution >= 4 is 34.4 Å². The highest BCUT2D eigenvalue weighted by atomic mass is 32.2. The molecule has 1 amide bonds. The summed E-state index contributed by atoms with van der Waals surface area (Å²) in [6.45, 7) is 4.72. The molecular formula is C25H32F4N4O3S. The van der Waals surface area contributed by atoms with Crippen molar-refractivity contribution in [2.45, 2.75) is 94.2 Å². The van der Waals surface area contributed by atoms with Gasteiger partial charge in [0.2, 0.25) is 0 Å². The van der Waals surface area contributed by atoms with Gasteiger partial charge in [0.1, 0.15) is 28.7 Å². The number of amides is 1. The van der Waals surface area contributed by atoms with Gasteiger partial charge in [-0.25, -0.2) is 14.2 Å². The van der Waals surface area contributed by atoms with E-state index in [1.54, 1.807) is 26.8 Å². The largest absolute Gasteiger partial charge is 0.444 e. The van der Waals surface area contributed by atoms with Crippen LogP contribution in [0.4, 0.5) is 28.0 Å². The van der Waals surface area contributed by atoms with E-state index in [1.165, 1.54) is 17.8 Å². The summed E-state index contributed by atoms with van der Waals surface area (Å²) in [6, 6.07) is 1.22. The Kier molecular flexibility index (Phi) is 7.96. The van der Waals surface area contributed by atoms with E-state index in [2.05, 4.69) is 15.3 Å². The molecule has 1 saturated heterocycles. The number of rotatable bonds is 5. The van der Waals surface area contributed by atoms with E-state index in [-0.39, 0.29) is 41.5 Å². The minimum atomic E-state index is -4.61. The third-order valence-electron chi connectivity index (χ3n) is 6.55. The van der Waals surface area contributed by atoms with Gasteiger partial charge in [-0.2, -0.15) is 24.9 Å². The van der Waals surface area contributed by atoms with Crippen LogP contribution in [0.3, 0.4) is 0 Å². The lowest BCUT2D eigenvalue weighted by Gasteiger charge is -2.40. The topological polar surface area (TPSA) is 87.3 Å². The van der Waals surface area contributed by atoms with E-state index in [4.69, 9.17) is 4.74 Å². The first-order valence-electron chi connectivity index (χ1n) is 12.5. The normalized spacial score (nSPS) is 21.4. The third-order valence-corrected chi connectivity index (χ3v) is 7.89. The van der Waals surface area contributed by atoms with E-state index in [0.29, 0.717) is 12.1 Å². The van der Waals surface area contributed by atoms with Crippen molar-refractivity contribution in [3.05, 3.63) is 34.1 Å². The molecule has 2 aliphatic rings. The summed E-state index contributed by atoms with van der Waals surface area (Å²) >= 11 is 1.23. The Bertz CT molecular complexity index is 1190. The first-order valence-corrected chi connectivity index (χ1v) is 13.5. The molecule has 1 aliphatic heterocycles. The van der Waals surface area contributed by atoms with Gasteiger partial charge in [0, 0.05) is 23.5 Å². The van der Waals surface area contributed by atoms with Crippen LogP contribution in [0.1, 0.15) is 65.1 Å².